The van der Waals surface area contributed by atoms with E-state index in [2.05, 4.69) is 55.6 Å². The summed E-state index contributed by atoms with van der Waals surface area (Å²) in [5.41, 5.74) is 0. The average Bonchev–Trinajstić information content (AvgIpc) is 3.44. The van der Waals surface area contributed by atoms with Crippen molar-refractivity contribution in [3.05, 3.63) is 48.6 Å². The van der Waals surface area contributed by atoms with Gasteiger partial charge in [-0.2, -0.15) is 0 Å². The Hall–Kier alpha value is -2.18. The lowest BCUT2D eigenvalue weighted by Crippen LogP contribution is -2.45. The fourth-order valence-electron chi connectivity index (χ4n) is 10.7. The van der Waals surface area contributed by atoms with Crippen LogP contribution in [0.2, 0.25) is 0 Å². The van der Waals surface area contributed by atoms with Crippen LogP contribution in [0.15, 0.2) is 48.6 Å². The number of carbonyl (C=O) groups is 2. The summed E-state index contributed by atoms with van der Waals surface area (Å²) in [6.07, 6.45) is 87.6. The minimum absolute atomic E-state index is 0.00961. The summed E-state index contributed by atoms with van der Waals surface area (Å²) in [4.78, 5) is 24.6. The van der Waals surface area contributed by atoms with Crippen LogP contribution in [-0.4, -0.2) is 47.4 Å². The molecule has 0 radical (unpaired) electrons. The third-order valence-electron chi connectivity index (χ3n) is 16.1. The lowest BCUT2D eigenvalue weighted by molar-refractivity contribution is -0.143. The maximum Gasteiger partial charge on any atom is 0.305 e. The molecule has 0 aliphatic heterocycles. The van der Waals surface area contributed by atoms with Crippen LogP contribution < -0.4 is 5.32 Å². The van der Waals surface area contributed by atoms with Crippen LogP contribution in [0.1, 0.15) is 373 Å². The molecule has 0 saturated heterocycles. The van der Waals surface area contributed by atoms with Gasteiger partial charge in [-0.05, 0) is 89.9 Å². The van der Waals surface area contributed by atoms with E-state index < -0.39 is 12.1 Å². The molecule has 0 fully saturated rings. The SMILES string of the molecule is CCCCC/C=C\C/C=C\CCCCCCCCCC(=O)OCCCCCCCCCCCCCC/C=C\CCCCCCCCCCCCCCCCCC(=O)NC(CO)C(O)/C=C/CCCCCCCCCCCCC. The van der Waals surface area contributed by atoms with Crippen LogP contribution >= 0.6 is 0 Å². The highest BCUT2D eigenvalue weighted by atomic mass is 16.5. The first-order valence-electron chi connectivity index (χ1n) is 34.9. The minimum atomic E-state index is -0.843. The zero-order chi connectivity index (χ0) is 56.4. The Kier molecular flexibility index (Phi) is 65.4. The molecule has 0 spiro atoms. The normalized spacial score (nSPS) is 12.8. The molecule has 0 aliphatic carbocycles. The topological polar surface area (TPSA) is 95.9 Å². The zero-order valence-electron chi connectivity index (χ0n) is 52.4. The van der Waals surface area contributed by atoms with Gasteiger partial charge < -0.3 is 20.3 Å². The Morgan fingerprint density at radius 2 is 0.641 bits per heavy atom. The lowest BCUT2D eigenvalue weighted by atomic mass is 10.0. The van der Waals surface area contributed by atoms with Gasteiger partial charge in [0.1, 0.15) is 0 Å². The van der Waals surface area contributed by atoms with E-state index in [1.165, 1.54) is 295 Å². The lowest BCUT2D eigenvalue weighted by Gasteiger charge is -2.20. The molecule has 0 aromatic heterocycles. The fraction of sp³-hybridized carbons (Fsp3) is 0.861. The van der Waals surface area contributed by atoms with Crippen molar-refractivity contribution < 1.29 is 24.5 Å². The largest absolute Gasteiger partial charge is 0.466 e. The van der Waals surface area contributed by atoms with Gasteiger partial charge in [-0.25, -0.2) is 0 Å². The first-order valence-corrected chi connectivity index (χ1v) is 34.9. The number of ether oxygens (including phenoxy) is 1. The smallest absolute Gasteiger partial charge is 0.305 e. The second-order valence-electron chi connectivity index (χ2n) is 23.9. The van der Waals surface area contributed by atoms with E-state index >= 15 is 0 Å². The number of aliphatic hydroxyl groups excluding tert-OH is 2. The van der Waals surface area contributed by atoms with Crippen LogP contribution in [0.25, 0.3) is 0 Å². The van der Waals surface area contributed by atoms with E-state index in [1.54, 1.807) is 6.08 Å². The fourth-order valence-corrected chi connectivity index (χ4v) is 10.7. The summed E-state index contributed by atoms with van der Waals surface area (Å²) in [6.45, 7) is 4.89. The highest BCUT2D eigenvalue weighted by Gasteiger charge is 2.18. The van der Waals surface area contributed by atoms with Crippen molar-refractivity contribution in [3.8, 4) is 0 Å². The predicted octanol–water partition coefficient (Wildman–Crippen LogP) is 22.5. The van der Waals surface area contributed by atoms with E-state index in [0.29, 0.717) is 19.4 Å². The molecule has 0 saturated carbocycles. The van der Waals surface area contributed by atoms with E-state index in [9.17, 15) is 19.8 Å². The average molecular weight is 1090 g/mol. The summed E-state index contributed by atoms with van der Waals surface area (Å²) in [6, 6.07) is -0.626. The number of aliphatic hydroxyl groups is 2. The van der Waals surface area contributed by atoms with Crippen molar-refractivity contribution in [3.63, 3.8) is 0 Å². The first-order chi connectivity index (χ1) is 38.5. The van der Waals surface area contributed by atoms with E-state index in [0.717, 1.165) is 51.4 Å². The van der Waals surface area contributed by atoms with Crippen molar-refractivity contribution in [2.45, 2.75) is 386 Å². The molecule has 458 valence electrons. The monoisotopic (exact) mass is 1090 g/mol. The van der Waals surface area contributed by atoms with Crippen LogP contribution in [0.3, 0.4) is 0 Å². The van der Waals surface area contributed by atoms with Gasteiger partial charge in [-0.3, -0.25) is 9.59 Å². The van der Waals surface area contributed by atoms with Crippen molar-refractivity contribution >= 4 is 11.9 Å². The number of carbonyl (C=O) groups excluding carboxylic acids is 2. The summed E-state index contributed by atoms with van der Waals surface area (Å²) in [7, 11) is 0. The molecule has 1 amide bonds. The maximum atomic E-state index is 12.5. The quantitative estimate of drug-likeness (QED) is 0.0320. The minimum Gasteiger partial charge on any atom is -0.466 e. The number of amides is 1. The van der Waals surface area contributed by atoms with Crippen LogP contribution in [0.5, 0.6) is 0 Å². The Labute approximate surface area is 486 Å². The van der Waals surface area contributed by atoms with Crippen molar-refractivity contribution in [2.24, 2.45) is 0 Å². The first kappa shape index (κ1) is 75.8. The highest BCUT2D eigenvalue weighted by Crippen LogP contribution is 2.18. The summed E-state index contributed by atoms with van der Waals surface area (Å²) >= 11 is 0. The molecule has 6 nitrogen and oxygen atoms in total. The number of hydrogen-bond donors (Lipinski definition) is 3. The van der Waals surface area contributed by atoms with E-state index in [-0.39, 0.29) is 18.5 Å². The van der Waals surface area contributed by atoms with Gasteiger partial charge in [-0.15, -0.1) is 0 Å². The van der Waals surface area contributed by atoms with Crippen molar-refractivity contribution in [2.75, 3.05) is 13.2 Å². The molecule has 78 heavy (non-hydrogen) atoms. The molecule has 0 heterocycles. The van der Waals surface area contributed by atoms with Gasteiger partial charge in [0.05, 0.1) is 25.4 Å². The van der Waals surface area contributed by atoms with Gasteiger partial charge in [-0.1, -0.05) is 319 Å². The number of esters is 1. The van der Waals surface area contributed by atoms with Crippen molar-refractivity contribution in [1.82, 2.24) is 5.32 Å². The van der Waals surface area contributed by atoms with Gasteiger partial charge in [0, 0.05) is 12.8 Å². The Morgan fingerprint density at radius 3 is 1.01 bits per heavy atom. The molecule has 6 heteroatoms. The number of rotatable bonds is 65. The third kappa shape index (κ3) is 63.0. The number of allylic oxidation sites excluding steroid dienone is 7. The zero-order valence-corrected chi connectivity index (χ0v) is 52.4. The van der Waals surface area contributed by atoms with E-state index in [1.807, 2.05) is 6.08 Å². The Balaban J connectivity index is 3.36. The molecular formula is C72H135NO5. The standard InChI is InChI=1S/C72H135NO5/c1-3-5-7-9-11-13-15-17-18-34-38-42-46-50-54-58-62-66-72(77)78-67-63-59-55-51-47-43-39-36-33-31-29-27-25-23-21-19-20-22-24-26-28-30-32-35-37-41-45-49-53-57-61-65-71(76)73-69(68-74)70(75)64-60-56-52-48-44-40-16-14-12-10-8-6-4-2/h11,13,17-18,21,23,60,64,69-70,74-75H,3-10,12,14-16,19-20,22,24-59,61-63,65-68H2,1-2H3,(H,73,76)/b13-11-,18-17-,23-21-,64-60+. The molecule has 3 N–H and O–H groups in total. The van der Waals surface area contributed by atoms with Gasteiger partial charge in [0.15, 0.2) is 0 Å². The molecule has 0 bridgehead atoms. The predicted molar refractivity (Wildman–Crippen MR) is 342 cm³/mol. The van der Waals surface area contributed by atoms with Gasteiger partial charge in [0.25, 0.3) is 0 Å². The molecule has 2 atom stereocenters. The Bertz CT molecular complexity index is 1310. The number of nitrogens with one attached hydrogen (secondary N) is 1. The second kappa shape index (κ2) is 67.3. The van der Waals surface area contributed by atoms with Gasteiger partial charge >= 0.3 is 5.97 Å². The van der Waals surface area contributed by atoms with Crippen LogP contribution in [0.4, 0.5) is 0 Å². The summed E-state index contributed by atoms with van der Waals surface area (Å²) in [5, 5.41) is 23.1. The van der Waals surface area contributed by atoms with Crippen LogP contribution in [-0.2, 0) is 14.3 Å². The van der Waals surface area contributed by atoms with Crippen molar-refractivity contribution in [1.29, 1.82) is 0 Å². The molecule has 2 unspecified atom stereocenters. The summed E-state index contributed by atoms with van der Waals surface area (Å²) < 4.78 is 5.50. The second-order valence-corrected chi connectivity index (χ2v) is 23.9. The maximum absolute atomic E-state index is 12.5. The van der Waals surface area contributed by atoms with Crippen LogP contribution in [0, 0.1) is 0 Å². The molecule has 0 aliphatic rings. The number of unbranched alkanes of at least 4 members (excludes halogenated alkanes) is 48. The van der Waals surface area contributed by atoms with Gasteiger partial charge in [0.2, 0.25) is 5.91 Å². The molecular weight excluding hydrogens is 959 g/mol. The summed E-state index contributed by atoms with van der Waals surface area (Å²) in [5.74, 6) is -0.0555. The third-order valence-corrected chi connectivity index (χ3v) is 16.1. The molecule has 0 aromatic carbocycles. The molecule has 0 aromatic rings. The number of hydrogen-bond acceptors (Lipinski definition) is 5. The molecule has 0 rings (SSSR count). The Morgan fingerprint density at radius 1 is 0.359 bits per heavy atom. The highest BCUT2D eigenvalue weighted by molar-refractivity contribution is 5.76. The van der Waals surface area contributed by atoms with E-state index in [4.69, 9.17) is 4.74 Å².